The fraction of sp³-hybridized carbons (Fsp3) is 0.286. The first-order valence-electron chi connectivity index (χ1n) is 6.38. The summed E-state index contributed by atoms with van der Waals surface area (Å²) in [5.74, 6) is -0.0421. The van der Waals surface area contributed by atoms with E-state index in [2.05, 4.69) is 15.2 Å². The number of hydrogen-bond donors (Lipinski definition) is 1. The van der Waals surface area contributed by atoms with Gasteiger partial charge in [0.25, 0.3) is 5.91 Å². The minimum atomic E-state index is -0.0421. The Morgan fingerprint density at radius 2 is 2.14 bits per heavy atom. The third-order valence-corrected chi connectivity index (χ3v) is 4.77. The number of carbonyl (C=O) groups excluding carboxylic acids is 1. The van der Waals surface area contributed by atoms with E-state index in [4.69, 9.17) is 11.6 Å². The van der Waals surface area contributed by atoms with Gasteiger partial charge in [0.1, 0.15) is 0 Å². The zero-order valence-electron chi connectivity index (χ0n) is 11.4. The number of carbonyl (C=O) groups is 1. The molecule has 0 bridgehead atoms. The van der Waals surface area contributed by atoms with E-state index in [0.717, 1.165) is 34.4 Å². The van der Waals surface area contributed by atoms with E-state index >= 15 is 0 Å². The number of benzene rings is 1. The molecule has 0 atom stereocenters. The van der Waals surface area contributed by atoms with Gasteiger partial charge in [0, 0.05) is 23.8 Å². The predicted molar refractivity (Wildman–Crippen MR) is 89.8 cm³/mol. The third kappa shape index (κ3) is 3.36. The zero-order valence-corrected chi connectivity index (χ0v) is 13.8. The minimum Gasteiger partial charge on any atom is -0.347 e. The summed E-state index contributed by atoms with van der Waals surface area (Å²) in [4.78, 5) is 19.5. The predicted octanol–water partition coefficient (Wildman–Crippen LogP) is 3.03. The van der Waals surface area contributed by atoms with Gasteiger partial charge in [-0.25, -0.2) is 0 Å². The SMILES string of the molecule is CC1=C(C(=O)NCc2ccc(Cl)cc2)SC2=NCCN21.Cl. The van der Waals surface area contributed by atoms with E-state index in [9.17, 15) is 4.79 Å². The highest BCUT2D eigenvalue weighted by molar-refractivity contribution is 8.18. The lowest BCUT2D eigenvalue weighted by Gasteiger charge is -2.12. The summed E-state index contributed by atoms with van der Waals surface area (Å²) in [5, 5.41) is 4.58. The zero-order chi connectivity index (χ0) is 14.1. The molecule has 0 saturated heterocycles. The van der Waals surface area contributed by atoms with Crippen LogP contribution in [-0.4, -0.2) is 29.1 Å². The molecule has 112 valence electrons. The molecular formula is C14H15Cl2N3OS. The molecule has 7 heteroatoms. The summed E-state index contributed by atoms with van der Waals surface area (Å²) in [7, 11) is 0. The van der Waals surface area contributed by atoms with Crippen molar-refractivity contribution in [3.63, 3.8) is 0 Å². The molecule has 0 aromatic heterocycles. The van der Waals surface area contributed by atoms with Crippen LogP contribution in [0.1, 0.15) is 12.5 Å². The molecule has 2 aliphatic heterocycles. The van der Waals surface area contributed by atoms with Crippen molar-refractivity contribution in [1.82, 2.24) is 10.2 Å². The first-order chi connectivity index (χ1) is 9.65. The molecule has 21 heavy (non-hydrogen) atoms. The van der Waals surface area contributed by atoms with Gasteiger partial charge >= 0.3 is 0 Å². The Morgan fingerprint density at radius 1 is 1.43 bits per heavy atom. The molecule has 4 nitrogen and oxygen atoms in total. The number of allylic oxidation sites excluding steroid dienone is 1. The van der Waals surface area contributed by atoms with Crippen molar-refractivity contribution < 1.29 is 4.79 Å². The first-order valence-corrected chi connectivity index (χ1v) is 7.58. The number of hydrogen-bond acceptors (Lipinski definition) is 4. The molecule has 0 radical (unpaired) electrons. The number of rotatable bonds is 3. The maximum atomic E-state index is 12.2. The van der Waals surface area contributed by atoms with Gasteiger partial charge in [-0.3, -0.25) is 9.79 Å². The second-order valence-electron chi connectivity index (χ2n) is 4.64. The van der Waals surface area contributed by atoms with Crippen LogP contribution in [0.15, 0.2) is 39.9 Å². The number of nitrogens with one attached hydrogen (secondary N) is 1. The molecule has 0 fully saturated rings. The van der Waals surface area contributed by atoms with Crippen molar-refractivity contribution in [2.75, 3.05) is 13.1 Å². The van der Waals surface area contributed by atoms with Gasteiger partial charge in [0.05, 0.1) is 11.4 Å². The van der Waals surface area contributed by atoms with E-state index in [1.165, 1.54) is 11.8 Å². The van der Waals surface area contributed by atoms with Crippen LogP contribution in [0.2, 0.25) is 5.02 Å². The van der Waals surface area contributed by atoms with Gasteiger partial charge in [-0.2, -0.15) is 0 Å². The van der Waals surface area contributed by atoms with Gasteiger partial charge < -0.3 is 10.2 Å². The molecule has 1 N–H and O–H groups in total. The molecule has 1 aromatic carbocycles. The lowest BCUT2D eigenvalue weighted by Crippen LogP contribution is -2.24. The molecule has 2 heterocycles. The quantitative estimate of drug-likeness (QED) is 0.917. The second-order valence-corrected chi connectivity index (χ2v) is 6.06. The fourth-order valence-electron chi connectivity index (χ4n) is 2.19. The first kappa shape index (κ1) is 16.2. The Morgan fingerprint density at radius 3 is 2.81 bits per heavy atom. The van der Waals surface area contributed by atoms with Crippen LogP contribution in [0.4, 0.5) is 0 Å². The number of amidine groups is 1. The van der Waals surface area contributed by atoms with Gasteiger partial charge in [-0.1, -0.05) is 23.7 Å². The lowest BCUT2D eigenvalue weighted by atomic mass is 10.2. The fourth-order valence-corrected chi connectivity index (χ4v) is 3.41. The largest absolute Gasteiger partial charge is 0.347 e. The Labute approximate surface area is 139 Å². The van der Waals surface area contributed by atoms with Crippen molar-refractivity contribution in [1.29, 1.82) is 0 Å². The van der Waals surface area contributed by atoms with Crippen LogP contribution in [0.25, 0.3) is 0 Å². The van der Waals surface area contributed by atoms with Crippen LogP contribution < -0.4 is 5.32 Å². The van der Waals surface area contributed by atoms with Crippen LogP contribution >= 0.6 is 35.8 Å². The summed E-state index contributed by atoms with van der Waals surface area (Å²) >= 11 is 7.29. The maximum Gasteiger partial charge on any atom is 0.260 e. The summed E-state index contributed by atoms with van der Waals surface area (Å²) in [6.07, 6.45) is 0. The monoisotopic (exact) mass is 343 g/mol. The van der Waals surface area contributed by atoms with Crippen molar-refractivity contribution >= 4 is 46.8 Å². The highest BCUT2D eigenvalue weighted by Gasteiger charge is 2.32. The minimum absolute atomic E-state index is 0. The third-order valence-electron chi connectivity index (χ3n) is 3.30. The number of halogens is 2. The van der Waals surface area contributed by atoms with Gasteiger partial charge in [-0.05, 0) is 36.4 Å². The topological polar surface area (TPSA) is 44.7 Å². The smallest absolute Gasteiger partial charge is 0.260 e. The molecule has 1 aromatic rings. The Hall–Kier alpha value is -1.17. The highest BCUT2D eigenvalue weighted by atomic mass is 35.5. The molecule has 0 unspecified atom stereocenters. The van der Waals surface area contributed by atoms with Crippen LogP contribution in [0.5, 0.6) is 0 Å². The second kappa shape index (κ2) is 6.73. The number of amides is 1. The van der Waals surface area contributed by atoms with Crippen LogP contribution in [-0.2, 0) is 11.3 Å². The number of aliphatic imine (C=N–C) groups is 1. The molecule has 0 aliphatic carbocycles. The van der Waals surface area contributed by atoms with Gasteiger partial charge in [0.15, 0.2) is 5.17 Å². The molecule has 2 aliphatic rings. The number of thioether (sulfide) groups is 1. The highest BCUT2D eigenvalue weighted by Crippen LogP contribution is 2.36. The average molecular weight is 344 g/mol. The van der Waals surface area contributed by atoms with Crippen molar-refractivity contribution in [3.8, 4) is 0 Å². The number of nitrogens with zero attached hydrogens (tertiary/aromatic N) is 2. The van der Waals surface area contributed by atoms with E-state index < -0.39 is 0 Å². The van der Waals surface area contributed by atoms with Gasteiger partial charge in [-0.15, -0.1) is 12.4 Å². The normalized spacial score (nSPS) is 16.5. The summed E-state index contributed by atoms with van der Waals surface area (Å²) < 4.78 is 0. The van der Waals surface area contributed by atoms with E-state index in [0.29, 0.717) is 11.6 Å². The average Bonchev–Trinajstić information content (AvgIpc) is 3.01. The molecule has 0 saturated carbocycles. The van der Waals surface area contributed by atoms with Gasteiger partial charge in [0.2, 0.25) is 0 Å². The molecular weight excluding hydrogens is 329 g/mol. The van der Waals surface area contributed by atoms with Crippen molar-refractivity contribution in [2.45, 2.75) is 13.5 Å². The summed E-state index contributed by atoms with van der Waals surface area (Å²) in [5.41, 5.74) is 2.03. The lowest BCUT2D eigenvalue weighted by molar-refractivity contribution is -0.117. The summed E-state index contributed by atoms with van der Waals surface area (Å²) in [6, 6.07) is 7.47. The Kier molecular flexibility index (Phi) is 5.19. The van der Waals surface area contributed by atoms with E-state index in [1.54, 1.807) is 0 Å². The standard InChI is InChI=1S/C14H14ClN3OS.ClH/c1-9-12(20-14-16-6-7-18(9)14)13(19)17-8-10-2-4-11(15)5-3-10;/h2-5H,6-8H2,1H3,(H,17,19);1H. The van der Waals surface area contributed by atoms with Crippen LogP contribution in [0.3, 0.4) is 0 Å². The summed E-state index contributed by atoms with van der Waals surface area (Å²) in [6.45, 7) is 4.17. The van der Waals surface area contributed by atoms with Crippen molar-refractivity contribution in [3.05, 3.63) is 45.5 Å². The maximum absolute atomic E-state index is 12.2. The van der Waals surface area contributed by atoms with E-state index in [1.807, 2.05) is 31.2 Å². The molecule has 3 rings (SSSR count). The number of fused-ring (bicyclic) bond motifs is 1. The van der Waals surface area contributed by atoms with Crippen LogP contribution in [0, 0.1) is 0 Å². The Balaban J connectivity index is 0.00000161. The Bertz CT molecular complexity index is 613. The molecule has 1 amide bonds. The van der Waals surface area contributed by atoms with Crippen molar-refractivity contribution in [2.24, 2.45) is 4.99 Å². The molecule has 0 spiro atoms. The van der Waals surface area contributed by atoms with E-state index in [-0.39, 0.29) is 18.3 Å².